The summed E-state index contributed by atoms with van der Waals surface area (Å²) in [6.07, 6.45) is 4.53. The first-order valence-electron chi connectivity index (χ1n) is 5.14. The molecular weight excluding hydrogens is 182 g/mol. The highest BCUT2D eigenvalue weighted by Gasteiger charge is 2.32. The molecule has 0 aromatic heterocycles. The number of rotatable bonds is 6. The van der Waals surface area contributed by atoms with Crippen molar-refractivity contribution in [3.63, 3.8) is 0 Å². The zero-order valence-electron chi connectivity index (χ0n) is 8.88. The van der Waals surface area contributed by atoms with E-state index in [1.165, 1.54) is 12.8 Å². The zero-order valence-corrected chi connectivity index (χ0v) is 9.69. The fourth-order valence-corrected chi connectivity index (χ4v) is 2.18. The summed E-state index contributed by atoms with van der Waals surface area (Å²) in [7, 11) is -0.651. The van der Waals surface area contributed by atoms with Crippen molar-refractivity contribution in [2.24, 2.45) is 11.8 Å². The normalized spacial score (nSPS) is 21.8. The van der Waals surface area contributed by atoms with Crippen LogP contribution in [0.15, 0.2) is 0 Å². The summed E-state index contributed by atoms with van der Waals surface area (Å²) in [6.45, 7) is 5.43. The lowest BCUT2D eigenvalue weighted by atomic mass is 10.00. The first-order valence-corrected chi connectivity index (χ1v) is 6.87. The van der Waals surface area contributed by atoms with E-state index >= 15 is 0 Å². The van der Waals surface area contributed by atoms with Crippen molar-refractivity contribution >= 4 is 10.8 Å². The third kappa shape index (κ3) is 4.23. The fraction of sp³-hybridized carbons (Fsp3) is 1.00. The summed E-state index contributed by atoms with van der Waals surface area (Å²) < 4.78 is 10.9. The van der Waals surface area contributed by atoms with Crippen LogP contribution in [0.2, 0.25) is 0 Å². The van der Waals surface area contributed by atoms with Crippen LogP contribution in [0.5, 0.6) is 0 Å². The van der Waals surface area contributed by atoms with Crippen LogP contribution in [-0.2, 0) is 10.8 Å². The van der Waals surface area contributed by atoms with E-state index in [4.69, 9.17) is 0 Å². The van der Waals surface area contributed by atoms with Crippen molar-refractivity contribution in [1.29, 1.82) is 0 Å². The van der Waals surface area contributed by atoms with Crippen LogP contribution < -0.4 is 5.32 Å². The number of hydrogen-bond acceptors (Lipinski definition) is 2. The molecule has 3 heteroatoms. The van der Waals surface area contributed by atoms with E-state index in [0.717, 1.165) is 18.2 Å². The molecule has 0 heterocycles. The first kappa shape index (κ1) is 11.2. The number of hydrogen-bond donors (Lipinski definition) is 1. The molecule has 1 N–H and O–H groups in total. The highest BCUT2D eigenvalue weighted by molar-refractivity contribution is 7.84. The van der Waals surface area contributed by atoms with Gasteiger partial charge in [-0.3, -0.25) is 4.21 Å². The van der Waals surface area contributed by atoms with Crippen molar-refractivity contribution in [3.05, 3.63) is 0 Å². The molecule has 78 valence electrons. The van der Waals surface area contributed by atoms with Crippen molar-refractivity contribution in [2.45, 2.75) is 32.7 Å². The predicted molar refractivity (Wildman–Crippen MR) is 58.3 cm³/mol. The molecule has 0 spiro atoms. The summed E-state index contributed by atoms with van der Waals surface area (Å²) >= 11 is 0. The summed E-state index contributed by atoms with van der Waals surface area (Å²) in [4.78, 5) is 0. The fourth-order valence-electron chi connectivity index (χ4n) is 1.77. The standard InChI is InChI=1S/C10H21NOS/c1-8(2)10(9-4-5-9)11-6-7-13(3)12/h8-11H,4-7H2,1-3H3. The maximum atomic E-state index is 10.9. The smallest absolute Gasteiger partial charge is 0.0357 e. The average Bonchev–Trinajstić information content (AvgIpc) is 2.79. The molecule has 0 radical (unpaired) electrons. The van der Waals surface area contributed by atoms with Crippen LogP contribution in [0.1, 0.15) is 26.7 Å². The van der Waals surface area contributed by atoms with Crippen LogP contribution in [-0.4, -0.2) is 28.8 Å². The van der Waals surface area contributed by atoms with Gasteiger partial charge in [0.05, 0.1) is 0 Å². The molecule has 1 rings (SSSR count). The zero-order chi connectivity index (χ0) is 9.84. The van der Waals surface area contributed by atoms with E-state index in [9.17, 15) is 4.21 Å². The van der Waals surface area contributed by atoms with Crippen LogP contribution in [0.4, 0.5) is 0 Å². The molecule has 13 heavy (non-hydrogen) atoms. The Morgan fingerprint density at radius 1 is 1.46 bits per heavy atom. The van der Waals surface area contributed by atoms with E-state index in [1.807, 2.05) is 0 Å². The van der Waals surface area contributed by atoms with E-state index in [2.05, 4.69) is 19.2 Å². The molecule has 0 amide bonds. The lowest BCUT2D eigenvalue weighted by Gasteiger charge is -2.21. The Morgan fingerprint density at radius 3 is 2.46 bits per heavy atom. The second-order valence-electron chi connectivity index (χ2n) is 4.34. The molecule has 0 saturated heterocycles. The van der Waals surface area contributed by atoms with Crippen LogP contribution in [0, 0.1) is 11.8 Å². The molecule has 0 aromatic rings. The maximum absolute atomic E-state index is 10.9. The van der Waals surface area contributed by atoms with Gasteiger partial charge in [0.1, 0.15) is 0 Å². The molecule has 2 atom stereocenters. The predicted octanol–water partition coefficient (Wildman–Crippen LogP) is 1.39. The molecule has 0 bridgehead atoms. The lowest BCUT2D eigenvalue weighted by Crippen LogP contribution is -2.37. The topological polar surface area (TPSA) is 29.1 Å². The van der Waals surface area contributed by atoms with Crippen LogP contribution in [0.25, 0.3) is 0 Å². The Kier molecular flexibility index (Phi) is 4.39. The molecule has 1 aliphatic carbocycles. The van der Waals surface area contributed by atoms with E-state index < -0.39 is 10.8 Å². The third-order valence-electron chi connectivity index (χ3n) is 2.62. The van der Waals surface area contributed by atoms with Gasteiger partial charge in [-0.05, 0) is 24.7 Å². The van der Waals surface area contributed by atoms with Gasteiger partial charge in [0.2, 0.25) is 0 Å². The van der Waals surface area contributed by atoms with Gasteiger partial charge in [-0.15, -0.1) is 0 Å². The van der Waals surface area contributed by atoms with Gasteiger partial charge >= 0.3 is 0 Å². The average molecular weight is 203 g/mol. The SMILES string of the molecule is CC(C)C(NCCS(C)=O)C1CC1. The summed E-state index contributed by atoms with van der Waals surface area (Å²) in [5.41, 5.74) is 0. The minimum atomic E-state index is -0.651. The molecular formula is C10H21NOS. The van der Waals surface area contributed by atoms with Gasteiger partial charge < -0.3 is 5.32 Å². The second kappa shape index (κ2) is 5.11. The second-order valence-corrected chi connectivity index (χ2v) is 5.89. The minimum absolute atomic E-state index is 0.651. The highest BCUT2D eigenvalue weighted by atomic mass is 32.2. The van der Waals surface area contributed by atoms with E-state index in [0.29, 0.717) is 12.0 Å². The summed E-state index contributed by atoms with van der Waals surface area (Å²) in [5.74, 6) is 2.39. The molecule has 1 fully saturated rings. The first-order chi connectivity index (χ1) is 6.11. The molecule has 1 aliphatic rings. The summed E-state index contributed by atoms with van der Waals surface area (Å²) in [5, 5.41) is 3.52. The Balaban J connectivity index is 2.18. The van der Waals surface area contributed by atoms with Gasteiger partial charge in [0.15, 0.2) is 0 Å². The maximum Gasteiger partial charge on any atom is 0.0357 e. The van der Waals surface area contributed by atoms with Gasteiger partial charge in [0, 0.05) is 35.4 Å². The van der Waals surface area contributed by atoms with Gasteiger partial charge in [-0.2, -0.15) is 0 Å². The van der Waals surface area contributed by atoms with Gasteiger partial charge in [-0.25, -0.2) is 0 Å². The highest BCUT2D eigenvalue weighted by Crippen LogP contribution is 2.35. The van der Waals surface area contributed by atoms with E-state index in [-0.39, 0.29) is 0 Å². The Hall–Kier alpha value is 0.110. The summed E-state index contributed by atoms with van der Waals surface area (Å²) in [6, 6.07) is 0.656. The molecule has 2 nitrogen and oxygen atoms in total. The molecule has 1 saturated carbocycles. The third-order valence-corrected chi connectivity index (χ3v) is 3.40. The Labute approximate surface area is 83.9 Å². The van der Waals surface area contributed by atoms with Crippen LogP contribution >= 0.6 is 0 Å². The van der Waals surface area contributed by atoms with Crippen LogP contribution in [0.3, 0.4) is 0 Å². The molecule has 2 unspecified atom stereocenters. The largest absolute Gasteiger partial charge is 0.313 e. The molecule has 0 aromatic carbocycles. The Bertz CT molecular complexity index is 176. The van der Waals surface area contributed by atoms with Crippen molar-refractivity contribution in [1.82, 2.24) is 5.32 Å². The van der Waals surface area contributed by atoms with Gasteiger partial charge in [0.25, 0.3) is 0 Å². The van der Waals surface area contributed by atoms with Crippen molar-refractivity contribution in [3.8, 4) is 0 Å². The number of nitrogens with one attached hydrogen (secondary N) is 1. The molecule has 0 aliphatic heterocycles. The van der Waals surface area contributed by atoms with Gasteiger partial charge in [-0.1, -0.05) is 13.8 Å². The van der Waals surface area contributed by atoms with E-state index in [1.54, 1.807) is 6.26 Å². The quantitative estimate of drug-likeness (QED) is 0.707. The van der Waals surface area contributed by atoms with Crippen molar-refractivity contribution in [2.75, 3.05) is 18.6 Å². The lowest BCUT2D eigenvalue weighted by molar-refractivity contribution is 0.369. The minimum Gasteiger partial charge on any atom is -0.313 e. The van der Waals surface area contributed by atoms with Crippen molar-refractivity contribution < 1.29 is 4.21 Å². The Morgan fingerprint density at radius 2 is 2.08 bits per heavy atom. The monoisotopic (exact) mass is 203 g/mol.